The molecule has 0 rings (SSSR count). The van der Waals surface area contributed by atoms with Gasteiger partial charge in [-0.05, 0) is 13.8 Å². The van der Waals surface area contributed by atoms with Gasteiger partial charge in [0.25, 0.3) is 0 Å². The van der Waals surface area contributed by atoms with Crippen LogP contribution in [0.1, 0.15) is 13.8 Å². The summed E-state index contributed by atoms with van der Waals surface area (Å²) in [5.41, 5.74) is 0. The number of hydrogen-bond donors (Lipinski definition) is 0. The van der Waals surface area contributed by atoms with Crippen molar-refractivity contribution in [3.63, 3.8) is 0 Å². The molecule has 0 N–H and O–H groups in total. The zero-order valence-corrected chi connectivity index (χ0v) is 15.2. The van der Waals surface area contributed by atoms with E-state index in [0.29, 0.717) is 0 Å². The number of amides is 1. The monoisotopic (exact) mass is 433 g/mol. The van der Waals surface area contributed by atoms with Gasteiger partial charge in [0.1, 0.15) is 12.8 Å². The second-order valence-corrected chi connectivity index (χ2v) is 6.75. The van der Waals surface area contributed by atoms with Crippen LogP contribution in [0.15, 0.2) is 0 Å². The van der Waals surface area contributed by atoms with Gasteiger partial charge in [0, 0.05) is 0 Å². The van der Waals surface area contributed by atoms with Crippen LogP contribution in [-0.2, 0) is 27.9 Å². The lowest BCUT2D eigenvalue weighted by atomic mass is 10.6. The fraction of sp³-hybridized carbons (Fsp3) is 0.833. The maximum atomic E-state index is 12.3. The quantitative estimate of drug-likeness (QED) is 0.297. The number of alkyl halides is 6. The molecule has 27 heavy (non-hydrogen) atoms. The molecular weight excluding hydrogens is 415 g/mol. The summed E-state index contributed by atoms with van der Waals surface area (Å²) in [6.07, 6.45) is -12.8. The molecule has 0 aliphatic carbocycles. The van der Waals surface area contributed by atoms with Crippen LogP contribution in [-0.4, -0.2) is 68.6 Å². The van der Waals surface area contributed by atoms with Crippen LogP contribution in [0.3, 0.4) is 0 Å². The molecule has 0 unspecified atom stereocenters. The predicted molar refractivity (Wildman–Crippen MR) is 76.8 cm³/mol. The molecule has 0 bridgehead atoms. The summed E-state index contributed by atoms with van der Waals surface area (Å²) in [6.45, 7) is -2.95. The van der Waals surface area contributed by atoms with E-state index in [2.05, 4.69) is 18.5 Å². The molecule has 0 aliphatic rings. The van der Waals surface area contributed by atoms with E-state index in [0.717, 1.165) is 0 Å². The highest BCUT2D eigenvalue weighted by Crippen LogP contribution is 2.50. The minimum Gasteiger partial charge on any atom is -0.465 e. The molecule has 0 heterocycles. The SMILES string of the molecule is CCOC(=O)CN(CP(=O)(OCC(F)(F)F)OCC(F)(F)F)C(=O)OCC. The van der Waals surface area contributed by atoms with Crippen LogP contribution < -0.4 is 0 Å². The Kier molecular flexibility index (Phi) is 10.1. The van der Waals surface area contributed by atoms with Crippen LogP contribution in [0.2, 0.25) is 0 Å². The molecule has 0 aromatic carbocycles. The molecule has 8 nitrogen and oxygen atoms in total. The summed E-state index contributed by atoms with van der Waals surface area (Å²) in [5, 5.41) is 0. The van der Waals surface area contributed by atoms with Gasteiger partial charge >= 0.3 is 32.0 Å². The van der Waals surface area contributed by atoms with E-state index < -0.39 is 58.1 Å². The van der Waals surface area contributed by atoms with Crippen LogP contribution in [0.25, 0.3) is 0 Å². The first-order chi connectivity index (χ1) is 12.2. The number of hydrogen-bond acceptors (Lipinski definition) is 7. The molecule has 1 amide bonds. The van der Waals surface area contributed by atoms with Gasteiger partial charge in [-0.15, -0.1) is 0 Å². The molecule has 0 saturated heterocycles. The van der Waals surface area contributed by atoms with Crippen molar-refractivity contribution in [1.29, 1.82) is 0 Å². The molecule has 15 heteroatoms. The second kappa shape index (κ2) is 10.7. The number of carbonyl (C=O) groups is 2. The predicted octanol–water partition coefficient (Wildman–Crippen LogP) is 3.32. The van der Waals surface area contributed by atoms with Crippen molar-refractivity contribution in [2.24, 2.45) is 0 Å². The lowest BCUT2D eigenvalue weighted by Crippen LogP contribution is -2.38. The fourth-order valence-electron chi connectivity index (χ4n) is 1.42. The first-order valence-electron chi connectivity index (χ1n) is 7.30. The van der Waals surface area contributed by atoms with Crippen molar-refractivity contribution in [3.05, 3.63) is 0 Å². The fourth-order valence-corrected chi connectivity index (χ4v) is 2.98. The Morgan fingerprint density at radius 3 is 1.70 bits per heavy atom. The third-order valence-corrected chi connectivity index (χ3v) is 4.08. The maximum absolute atomic E-state index is 12.3. The number of nitrogens with zero attached hydrogens (tertiary/aromatic N) is 1. The van der Waals surface area contributed by atoms with Crippen molar-refractivity contribution in [1.82, 2.24) is 4.90 Å². The summed E-state index contributed by atoms with van der Waals surface area (Å²) >= 11 is 0. The van der Waals surface area contributed by atoms with Crippen molar-refractivity contribution in [2.45, 2.75) is 26.2 Å². The largest absolute Gasteiger partial charge is 0.465 e. The summed E-state index contributed by atoms with van der Waals surface area (Å²) in [7, 11) is -5.14. The zero-order valence-electron chi connectivity index (χ0n) is 14.3. The van der Waals surface area contributed by atoms with Crippen LogP contribution >= 0.6 is 7.60 Å². The molecule has 0 fully saturated rings. The van der Waals surface area contributed by atoms with Gasteiger partial charge in [-0.25, -0.2) is 4.79 Å². The van der Waals surface area contributed by atoms with Gasteiger partial charge in [0.05, 0.1) is 13.2 Å². The van der Waals surface area contributed by atoms with E-state index in [1.54, 1.807) is 0 Å². The number of ether oxygens (including phenoxy) is 2. The molecule has 0 aromatic heterocycles. The Labute approximate surface area is 150 Å². The average molecular weight is 433 g/mol. The number of rotatable bonds is 10. The summed E-state index contributed by atoms with van der Waals surface area (Å²) < 4.78 is 103. The van der Waals surface area contributed by atoms with E-state index >= 15 is 0 Å². The van der Waals surface area contributed by atoms with E-state index in [4.69, 9.17) is 0 Å². The van der Waals surface area contributed by atoms with Gasteiger partial charge in [-0.3, -0.25) is 23.3 Å². The van der Waals surface area contributed by atoms with E-state index in [9.17, 15) is 40.5 Å². The maximum Gasteiger partial charge on any atom is 0.412 e. The minimum absolute atomic E-state index is 0.123. The first-order valence-corrected chi connectivity index (χ1v) is 9.03. The molecular formula is C12H18F6NO7P. The van der Waals surface area contributed by atoms with Crippen molar-refractivity contribution >= 4 is 19.7 Å². The Hall–Kier alpha value is -1.53. The molecule has 0 atom stereocenters. The van der Waals surface area contributed by atoms with Crippen molar-refractivity contribution < 1.29 is 59.0 Å². The molecule has 0 spiro atoms. The Morgan fingerprint density at radius 2 is 1.33 bits per heavy atom. The van der Waals surface area contributed by atoms with Gasteiger partial charge in [-0.1, -0.05) is 0 Å². The standard InChI is InChI=1S/C12H18F6NO7P/c1-3-23-9(20)5-19(10(21)24-4-2)8-27(22,25-6-11(13,14)15)26-7-12(16,17)18/h3-8H2,1-2H3. The van der Waals surface area contributed by atoms with Crippen LogP contribution in [0, 0.1) is 0 Å². The van der Waals surface area contributed by atoms with Crippen LogP contribution in [0.5, 0.6) is 0 Å². The molecule has 0 aromatic rings. The molecule has 0 aliphatic heterocycles. The zero-order chi connectivity index (χ0) is 21.3. The number of halogens is 6. The van der Waals surface area contributed by atoms with Gasteiger partial charge < -0.3 is 9.47 Å². The minimum atomic E-state index is -5.14. The van der Waals surface area contributed by atoms with Gasteiger partial charge in [0.2, 0.25) is 0 Å². The smallest absolute Gasteiger partial charge is 0.412 e. The Morgan fingerprint density at radius 1 is 0.889 bits per heavy atom. The number of esters is 1. The number of carbonyl (C=O) groups excluding carboxylic acids is 2. The second-order valence-electron chi connectivity index (χ2n) is 4.73. The molecule has 0 saturated carbocycles. The first kappa shape index (κ1) is 25.5. The van der Waals surface area contributed by atoms with Crippen LogP contribution in [0.4, 0.5) is 31.1 Å². The van der Waals surface area contributed by atoms with E-state index in [1.165, 1.54) is 13.8 Å². The highest BCUT2D eigenvalue weighted by Gasteiger charge is 2.41. The third kappa shape index (κ3) is 12.5. The highest BCUT2D eigenvalue weighted by molar-refractivity contribution is 7.53. The van der Waals surface area contributed by atoms with E-state index in [-0.39, 0.29) is 18.1 Å². The Bertz CT molecular complexity index is 517. The molecule has 160 valence electrons. The lowest BCUT2D eigenvalue weighted by Gasteiger charge is -2.26. The summed E-state index contributed by atoms with van der Waals surface area (Å²) in [6, 6.07) is 0. The summed E-state index contributed by atoms with van der Waals surface area (Å²) in [4.78, 5) is 23.5. The summed E-state index contributed by atoms with van der Waals surface area (Å²) in [5.74, 6) is -1.07. The van der Waals surface area contributed by atoms with Crippen molar-refractivity contribution in [3.8, 4) is 0 Å². The Balaban J connectivity index is 5.43. The average Bonchev–Trinajstić information content (AvgIpc) is 2.50. The lowest BCUT2D eigenvalue weighted by molar-refractivity contribution is -0.165. The van der Waals surface area contributed by atoms with Crippen molar-refractivity contribution in [2.75, 3.05) is 39.3 Å². The van der Waals surface area contributed by atoms with Gasteiger partial charge in [-0.2, -0.15) is 26.3 Å². The topological polar surface area (TPSA) is 91.4 Å². The highest BCUT2D eigenvalue weighted by atomic mass is 31.2. The third-order valence-electron chi connectivity index (χ3n) is 2.35. The van der Waals surface area contributed by atoms with Gasteiger partial charge in [0.15, 0.2) is 13.2 Å². The van der Waals surface area contributed by atoms with E-state index in [1.807, 2.05) is 0 Å². The molecule has 0 radical (unpaired) electrons. The normalized spacial score (nSPS) is 12.6.